The molecular weight excluding hydrogens is 443 g/mol. The molecule has 6 nitrogen and oxygen atoms in total. The van der Waals surface area contributed by atoms with E-state index < -0.39 is 0 Å². The van der Waals surface area contributed by atoms with Crippen LogP contribution in [0.2, 0.25) is 0 Å². The van der Waals surface area contributed by atoms with Crippen LogP contribution in [0.15, 0.2) is 27.8 Å². The average molecular weight is 476 g/mol. The lowest BCUT2D eigenvalue weighted by Crippen LogP contribution is -2.47. The zero-order valence-corrected chi connectivity index (χ0v) is 18.5. The van der Waals surface area contributed by atoms with Gasteiger partial charge in [0, 0.05) is 13.1 Å². The van der Waals surface area contributed by atoms with E-state index in [1.165, 1.54) is 25.7 Å². The lowest BCUT2D eigenvalue weighted by atomic mass is 9.64. The zero-order chi connectivity index (χ0) is 18.1. The molecule has 0 spiro atoms. The van der Waals surface area contributed by atoms with E-state index in [4.69, 9.17) is 4.42 Å². The minimum Gasteiger partial charge on any atom is -0.467 e. The molecule has 1 fully saturated rings. The number of aliphatic imine (C=N–C) groups is 1. The van der Waals surface area contributed by atoms with E-state index in [1.807, 2.05) is 13.0 Å². The van der Waals surface area contributed by atoms with Crippen LogP contribution in [0.25, 0.3) is 0 Å². The molecule has 148 valence electrons. The Morgan fingerprint density at radius 3 is 2.62 bits per heavy atom. The van der Waals surface area contributed by atoms with Crippen molar-refractivity contribution < 1.29 is 9.21 Å². The number of carbonyl (C=O) groups excluding carboxylic acids is 1. The lowest BCUT2D eigenvalue weighted by Gasteiger charge is -2.43. The van der Waals surface area contributed by atoms with Crippen LogP contribution >= 0.6 is 24.0 Å². The molecule has 0 radical (unpaired) electrons. The number of hydrogen-bond acceptors (Lipinski definition) is 3. The molecule has 0 aromatic carbocycles. The predicted molar refractivity (Wildman–Crippen MR) is 116 cm³/mol. The number of rotatable bonds is 9. The van der Waals surface area contributed by atoms with Gasteiger partial charge in [-0.05, 0) is 49.7 Å². The second-order valence-electron chi connectivity index (χ2n) is 7.36. The van der Waals surface area contributed by atoms with Crippen LogP contribution in [-0.4, -0.2) is 31.5 Å². The molecule has 7 heteroatoms. The second-order valence-corrected chi connectivity index (χ2v) is 7.36. The number of furan rings is 1. The molecule has 2 rings (SSSR count). The lowest BCUT2D eigenvalue weighted by molar-refractivity contribution is -0.119. The molecule has 1 aromatic heterocycles. The summed E-state index contributed by atoms with van der Waals surface area (Å²) in [4.78, 5) is 16.4. The van der Waals surface area contributed by atoms with Crippen LogP contribution in [0, 0.1) is 11.3 Å². The third kappa shape index (κ3) is 7.55. The summed E-state index contributed by atoms with van der Waals surface area (Å²) in [5.74, 6) is 2.04. The SMILES string of the molecule is CCNC(=NCC(=O)NCc1ccco1)NCC1(CC(C)C)CCC1.I. The first-order chi connectivity index (χ1) is 12.0. The largest absolute Gasteiger partial charge is 0.467 e. The normalized spacial score (nSPS) is 15.8. The third-order valence-corrected chi connectivity index (χ3v) is 4.65. The highest BCUT2D eigenvalue weighted by Crippen LogP contribution is 2.45. The van der Waals surface area contributed by atoms with Crippen molar-refractivity contribution in [2.45, 2.75) is 53.0 Å². The van der Waals surface area contributed by atoms with Gasteiger partial charge in [-0.25, -0.2) is 4.99 Å². The highest BCUT2D eigenvalue weighted by molar-refractivity contribution is 14.0. The predicted octanol–water partition coefficient (Wildman–Crippen LogP) is 3.29. The fourth-order valence-corrected chi connectivity index (χ4v) is 3.41. The Labute approximate surface area is 174 Å². The summed E-state index contributed by atoms with van der Waals surface area (Å²) in [6.07, 6.45) is 6.71. The van der Waals surface area contributed by atoms with Crippen molar-refractivity contribution in [2.75, 3.05) is 19.6 Å². The second kappa shape index (κ2) is 11.5. The summed E-state index contributed by atoms with van der Waals surface area (Å²) in [6, 6.07) is 3.64. The molecule has 1 aromatic rings. The van der Waals surface area contributed by atoms with Crippen molar-refractivity contribution in [3.05, 3.63) is 24.2 Å². The summed E-state index contributed by atoms with van der Waals surface area (Å²) in [5.41, 5.74) is 0.395. The molecule has 0 saturated heterocycles. The Hall–Kier alpha value is -1.25. The summed E-state index contributed by atoms with van der Waals surface area (Å²) in [5, 5.41) is 9.46. The maximum Gasteiger partial charge on any atom is 0.242 e. The molecule has 1 saturated carbocycles. The van der Waals surface area contributed by atoms with Gasteiger partial charge < -0.3 is 20.4 Å². The fraction of sp³-hybridized carbons (Fsp3) is 0.684. The van der Waals surface area contributed by atoms with Crippen LogP contribution in [0.3, 0.4) is 0 Å². The van der Waals surface area contributed by atoms with Gasteiger partial charge in [0.2, 0.25) is 5.91 Å². The van der Waals surface area contributed by atoms with Crippen molar-refractivity contribution in [1.29, 1.82) is 0 Å². The summed E-state index contributed by atoms with van der Waals surface area (Å²) < 4.78 is 5.20. The van der Waals surface area contributed by atoms with Gasteiger partial charge in [0.15, 0.2) is 5.96 Å². The quantitative estimate of drug-likeness (QED) is 0.291. The standard InChI is InChI=1S/C19H32N4O2.HI/c1-4-20-18(23-14-19(8-6-9-19)11-15(2)3)22-13-17(24)21-12-16-7-5-10-25-16;/h5,7,10,15H,4,6,8-9,11-14H2,1-3H3,(H,21,24)(H2,20,22,23);1H. The molecule has 1 heterocycles. The van der Waals surface area contributed by atoms with Crippen molar-refractivity contribution >= 4 is 35.8 Å². The molecule has 0 aliphatic heterocycles. The smallest absolute Gasteiger partial charge is 0.242 e. The molecule has 0 bridgehead atoms. The van der Waals surface area contributed by atoms with E-state index in [0.717, 1.165) is 18.8 Å². The van der Waals surface area contributed by atoms with Gasteiger partial charge in [0.1, 0.15) is 12.3 Å². The van der Waals surface area contributed by atoms with Crippen LogP contribution in [0.1, 0.15) is 52.2 Å². The van der Waals surface area contributed by atoms with Crippen molar-refractivity contribution in [2.24, 2.45) is 16.3 Å². The van der Waals surface area contributed by atoms with Gasteiger partial charge in [-0.15, -0.1) is 24.0 Å². The molecular formula is C19H33IN4O2. The maximum atomic E-state index is 11.9. The van der Waals surface area contributed by atoms with E-state index in [9.17, 15) is 4.79 Å². The number of nitrogens with zero attached hydrogens (tertiary/aromatic N) is 1. The van der Waals surface area contributed by atoms with E-state index >= 15 is 0 Å². The van der Waals surface area contributed by atoms with Gasteiger partial charge >= 0.3 is 0 Å². The molecule has 1 amide bonds. The van der Waals surface area contributed by atoms with Gasteiger partial charge in [-0.2, -0.15) is 0 Å². The van der Waals surface area contributed by atoms with Crippen LogP contribution in [-0.2, 0) is 11.3 Å². The number of guanidine groups is 1. The average Bonchev–Trinajstić information content (AvgIpc) is 3.05. The molecule has 0 unspecified atom stereocenters. The molecule has 1 aliphatic rings. The number of halogens is 1. The minimum absolute atomic E-state index is 0. The molecule has 26 heavy (non-hydrogen) atoms. The third-order valence-electron chi connectivity index (χ3n) is 4.65. The Kier molecular flexibility index (Phi) is 10.0. The monoisotopic (exact) mass is 476 g/mol. The highest BCUT2D eigenvalue weighted by Gasteiger charge is 2.37. The first-order valence-electron chi connectivity index (χ1n) is 9.34. The van der Waals surface area contributed by atoms with Gasteiger partial charge in [0.25, 0.3) is 0 Å². The topological polar surface area (TPSA) is 78.7 Å². The van der Waals surface area contributed by atoms with Crippen LogP contribution < -0.4 is 16.0 Å². The summed E-state index contributed by atoms with van der Waals surface area (Å²) in [6.45, 7) is 8.78. The number of carbonyl (C=O) groups is 1. The zero-order valence-electron chi connectivity index (χ0n) is 16.1. The van der Waals surface area contributed by atoms with Crippen molar-refractivity contribution in [1.82, 2.24) is 16.0 Å². The first kappa shape index (κ1) is 22.8. The van der Waals surface area contributed by atoms with E-state index in [1.54, 1.807) is 12.3 Å². The maximum absolute atomic E-state index is 11.9. The van der Waals surface area contributed by atoms with Crippen LogP contribution in [0.5, 0.6) is 0 Å². The Morgan fingerprint density at radius 1 is 1.31 bits per heavy atom. The molecule has 3 N–H and O–H groups in total. The Morgan fingerprint density at radius 2 is 2.08 bits per heavy atom. The first-order valence-corrected chi connectivity index (χ1v) is 9.34. The minimum atomic E-state index is -0.117. The van der Waals surface area contributed by atoms with Crippen molar-refractivity contribution in [3.8, 4) is 0 Å². The van der Waals surface area contributed by atoms with Gasteiger partial charge in [-0.1, -0.05) is 20.3 Å². The molecule has 0 atom stereocenters. The number of hydrogen-bond donors (Lipinski definition) is 3. The van der Waals surface area contributed by atoms with Gasteiger partial charge in [-0.3, -0.25) is 4.79 Å². The number of nitrogens with one attached hydrogen (secondary N) is 3. The fourth-order valence-electron chi connectivity index (χ4n) is 3.41. The van der Waals surface area contributed by atoms with E-state index in [2.05, 4.69) is 34.8 Å². The summed E-state index contributed by atoms with van der Waals surface area (Å²) >= 11 is 0. The molecule has 1 aliphatic carbocycles. The van der Waals surface area contributed by atoms with Gasteiger partial charge in [0.05, 0.1) is 12.8 Å². The summed E-state index contributed by atoms with van der Waals surface area (Å²) in [7, 11) is 0. The van der Waals surface area contributed by atoms with Crippen molar-refractivity contribution in [3.63, 3.8) is 0 Å². The Balaban J connectivity index is 0.00000338. The number of amides is 1. The van der Waals surface area contributed by atoms with E-state index in [-0.39, 0.29) is 36.4 Å². The Bertz CT molecular complexity index is 554. The van der Waals surface area contributed by atoms with E-state index in [0.29, 0.717) is 23.8 Å². The van der Waals surface area contributed by atoms with Crippen LogP contribution in [0.4, 0.5) is 0 Å². The highest BCUT2D eigenvalue weighted by atomic mass is 127.